The van der Waals surface area contributed by atoms with E-state index in [9.17, 15) is 23.6 Å². The molecule has 9 heteroatoms. The smallest absolute Gasteiger partial charge is 0.255 e. The molecule has 1 aromatic carbocycles. The van der Waals surface area contributed by atoms with Crippen LogP contribution in [0.2, 0.25) is 0 Å². The van der Waals surface area contributed by atoms with Crippen molar-refractivity contribution in [3.8, 4) is 0 Å². The molecule has 4 aliphatic rings. The maximum atomic E-state index is 14.5. The van der Waals surface area contributed by atoms with Gasteiger partial charge in [-0.3, -0.25) is 24.5 Å². The quantitative estimate of drug-likeness (QED) is 0.683. The summed E-state index contributed by atoms with van der Waals surface area (Å²) in [6.45, 7) is 1.33. The van der Waals surface area contributed by atoms with Crippen LogP contribution < -0.4 is 11.1 Å². The van der Waals surface area contributed by atoms with Crippen LogP contribution in [0.5, 0.6) is 0 Å². The van der Waals surface area contributed by atoms with E-state index in [1.807, 2.05) is 4.90 Å². The van der Waals surface area contributed by atoms with E-state index in [2.05, 4.69) is 5.32 Å². The van der Waals surface area contributed by atoms with Crippen molar-refractivity contribution in [1.29, 1.82) is 0 Å². The van der Waals surface area contributed by atoms with Crippen LogP contribution in [-0.2, 0) is 20.9 Å². The molecule has 1 aromatic rings. The number of benzene rings is 1. The van der Waals surface area contributed by atoms with E-state index in [-0.39, 0.29) is 43.0 Å². The van der Waals surface area contributed by atoms with Gasteiger partial charge in [0.1, 0.15) is 11.9 Å². The number of nitrogens with one attached hydrogen (secondary N) is 1. The van der Waals surface area contributed by atoms with Crippen molar-refractivity contribution in [2.75, 3.05) is 13.1 Å². The van der Waals surface area contributed by atoms with Crippen LogP contribution in [0.25, 0.3) is 0 Å². The van der Waals surface area contributed by atoms with Crippen molar-refractivity contribution in [2.45, 2.75) is 69.0 Å². The van der Waals surface area contributed by atoms with E-state index >= 15 is 0 Å². The van der Waals surface area contributed by atoms with Gasteiger partial charge in [-0.1, -0.05) is 0 Å². The van der Waals surface area contributed by atoms with Gasteiger partial charge in [0.15, 0.2) is 0 Å². The molecule has 0 spiro atoms. The molecule has 170 valence electrons. The summed E-state index contributed by atoms with van der Waals surface area (Å²) in [5.41, 5.74) is 7.30. The summed E-state index contributed by atoms with van der Waals surface area (Å²) in [5, 5.41) is 2.29. The zero-order chi connectivity index (χ0) is 22.6. The highest BCUT2D eigenvalue weighted by Crippen LogP contribution is 2.39. The Morgan fingerprint density at radius 2 is 1.84 bits per heavy atom. The van der Waals surface area contributed by atoms with E-state index < -0.39 is 23.3 Å². The van der Waals surface area contributed by atoms with Crippen LogP contribution in [0.4, 0.5) is 4.39 Å². The number of carbonyl (C=O) groups is 4. The predicted molar refractivity (Wildman–Crippen MR) is 112 cm³/mol. The molecule has 8 nitrogen and oxygen atoms in total. The minimum Gasteiger partial charge on any atom is -0.341 e. The number of hydrogen-bond donors (Lipinski definition) is 2. The monoisotopic (exact) mass is 442 g/mol. The summed E-state index contributed by atoms with van der Waals surface area (Å²) in [6.07, 6.45) is 4.21. The Balaban J connectivity index is 1.34. The molecule has 1 aliphatic carbocycles. The Labute approximate surface area is 185 Å². The van der Waals surface area contributed by atoms with E-state index in [1.54, 1.807) is 0 Å². The number of halogens is 1. The van der Waals surface area contributed by atoms with Crippen LogP contribution >= 0.6 is 0 Å². The molecular formula is C23H27FN4O4. The Hall–Kier alpha value is -2.81. The highest BCUT2D eigenvalue weighted by molar-refractivity contribution is 6.05. The second kappa shape index (κ2) is 7.65. The Morgan fingerprint density at radius 1 is 1.12 bits per heavy atom. The molecule has 3 aliphatic heterocycles. The zero-order valence-electron chi connectivity index (χ0n) is 17.9. The van der Waals surface area contributed by atoms with Gasteiger partial charge in [-0.2, -0.15) is 0 Å². The fourth-order valence-electron chi connectivity index (χ4n) is 5.50. The molecule has 1 unspecified atom stereocenters. The molecule has 3 fully saturated rings. The number of amides is 4. The first kappa shape index (κ1) is 21.1. The van der Waals surface area contributed by atoms with Crippen molar-refractivity contribution in [3.63, 3.8) is 0 Å². The number of likely N-dealkylation sites (tertiary alicyclic amines) is 1. The summed E-state index contributed by atoms with van der Waals surface area (Å²) in [5.74, 6) is -1.66. The van der Waals surface area contributed by atoms with Gasteiger partial charge in [0.25, 0.3) is 5.91 Å². The van der Waals surface area contributed by atoms with Crippen LogP contribution in [-0.4, -0.2) is 58.1 Å². The molecule has 5 rings (SSSR count). The summed E-state index contributed by atoms with van der Waals surface area (Å²) in [7, 11) is 0. The SMILES string of the molecule is NC1(C(=O)N2CCC(c3cc(F)cc4c3CN(C3CCC(=O)NC3=O)C4=O)CC2)CCC1. The third-order valence-corrected chi connectivity index (χ3v) is 7.55. The fourth-order valence-corrected chi connectivity index (χ4v) is 5.50. The highest BCUT2D eigenvalue weighted by Gasteiger charge is 2.44. The molecule has 0 aromatic heterocycles. The largest absolute Gasteiger partial charge is 0.341 e. The molecule has 2 saturated heterocycles. The second-order valence-corrected chi connectivity index (χ2v) is 9.50. The topological polar surface area (TPSA) is 113 Å². The molecule has 0 bridgehead atoms. The van der Waals surface area contributed by atoms with Gasteiger partial charge in [0.05, 0.1) is 5.54 Å². The van der Waals surface area contributed by atoms with E-state index in [1.165, 1.54) is 17.0 Å². The van der Waals surface area contributed by atoms with E-state index in [0.29, 0.717) is 31.5 Å². The number of nitrogens with two attached hydrogens (primary N) is 1. The lowest BCUT2D eigenvalue weighted by molar-refractivity contribution is -0.141. The number of imide groups is 1. The highest BCUT2D eigenvalue weighted by atomic mass is 19.1. The number of hydrogen-bond acceptors (Lipinski definition) is 5. The first-order valence-electron chi connectivity index (χ1n) is 11.3. The minimum atomic E-state index is -0.730. The van der Waals surface area contributed by atoms with E-state index in [4.69, 9.17) is 5.73 Å². The Bertz CT molecular complexity index is 1010. The zero-order valence-corrected chi connectivity index (χ0v) is 17.9. The molecular weight excluding hydrogens is 415 g/mol. The molecule has 32 heavy (non-hydrogen) atoms. The first-order valence-corrected chi connectivity index (χ1v) is 11.3. The Kier molecular flexibility index (Phi) is 5.03. The fraction of sp³-hybridized carbons (Fsp3) is 0.565. The normalized spacial score (nSPS) is 25.4. The van der Waals surface area contributed by atoms with Crippen molar-refractivity contribution in [1.82, 2.24) is 15.1 Å². The number of rotatable bonds is 3. The summed E-state index contributed by atoms with van der Waals surface area (Å²) >= 11 is 0. The van der Waals surface area contributed by atoms with Gasteiger partial charge in [-0.05, 0) is 67.7 Å². The van der Waals surface area contributed by atoms with Gasteiger partial charge >= 0.3 is 0 Å². The van der Waals surface area contributed by atoms with Crippen LogP contribution in [0.1, 0.15) is 72.3 Å². The van der Waals surface area contributed by atoms with Gasteiger partial charge in [0.2, 0.25) is 17.7 Å². The average molecular weight is 442 g/mol. The molecule has 3 N–H and O–H groups in total. The van der Waals surface area contributed by atoms with Crippen LogP contribution in [0, 0.1) is 5.82 Å². The lowest BCUT2D eigenvalue weighted by Crippen LogP contribution is -2.60. The third-order valence-electron chi connectivity index (χ3n) is 7.55. The van der Waals surface area contributed by atoms with Gasteiger partial charge in [0, 0.05) is 31.6 Å². The summed E-state index contributed by atoms with van der Waals surface area (Å²) in [4.78, 5) is 52.8. The molecule has 0 radical (unpaired) electrons. The molecule has 4 amide bonds. The maximum Gasteiger partial charge on any atom is 0.255 e. The molecule has 1 atom stereocenters. The number of carbonyl (C=O) groups excluding carboxylic acids is 4. The number of fused-ring (bicyclic) bond motifs is 1. The number of piperidine rings is 2. The standard InChI is InChI=1S/C23H27FN4O4/c24-14-10-15(13-4-8-27(9-5-13)22(32)23(25)6-1-7-23)17-12-28(21(31)16(17)11-14)18-2-3-19(29)26-20(18)30/h10-11,13,18H,1-9,12,25H2,(H,26,29,30). The van der Waals surface area contributed by atoms with Gasteiger partial charge in [-0.15, -0.1) is 0 Å². The van der Waals surface area contributed by atoms with Crippen molar-refractivity contribution < 1.29 is 23.6 Å². The van der Waals surface area contributed by atoms with Crippen LogP contribution in [0.15, 0.2) is 12.1 Å². The van der Waals surface area contributed by atoms with E-state index in [0.717, 1.165) is 30.4 Å². The molecule has 3 heterocycles. The predicted octanol–water partition coefficient (Wildman–Crippen LogP) is 1.17. The lowest BCUT2D eigenvalue weighted by Gasteiger charge is -2.42. The number of nitrogens with zero attached hydrogens (tertiary/aromatic N) is 2. The molecule has 1 saturated carbocycles. The minimum absolute atomic E-state index is 0.00545. The third kappa shape index (κ3) is 3.39. The maximum absolute atomic E-state index is 14.5. The van der Waals surface area contributed by atoms with Gasteiger partial charge in [-0.25, -0.2) is 4.39 Å². The van der Waals surface area contributed by atoms with Crippen molar-refractivity contribution in [2.24, 2.45) is 5.73 Å². The van der Waals surface area contributed by atoms with Gasteiger partial charge < -0.3 is 15.5 Å². The van der Waals surface area contributed by atoms with Crippen molar-refractivity contribution in [3.05, 3.63) is 34.6 Å². The Morgan fingerprint density at radius 3 is 2.47 bits per heavy atom. The van der Waals surface area contributed by atoms with Crippen molar-refractivity contribution >= 4 is 23.6 Å². The second-order valence-electron chi connectivity index (χ2n) is 9.50. The van der Waals surface area contributed by atoms with Crippen LogP contribution in [0.3, 0.4) is 0 Å². The summed E-state index contributed by atoms with van der Waals surface area (Å²) in [6, 6.07) is 1.99. The lowest BCUT2D eigenvalue weighted by atomic mass is 9.76. The average Bonchev–Trinajstić information content (AvgIpc) is 3.07. The first-order chi connectivity index (χ1) is 15.3. The summed E-state index contributed by atoms with van der Waals surface area (Å²) < 4.78 is 14.5.